The highest BCUT2D eigenvalue weighted by Gasteiger charge is 2.34. The number of halogens is 1. The Kier molecular flexibility index (Phi) is 7.97. The summed E-state index contributed by atoms with van der Waals surface area (Å²) in [6.07, 6.45) is 3.58. The Morgan fingerprint density at radius 2 is 2.12 bits per heavy atom. The number of amides is 1. The van der Waals surface area contributed by atoms with Gasteiger partial charge in [0, 0.05) is 32.9 Å². The molecule has 9 heteroatoms. The van der Waals surface area contributed by atoms with Crippen LogP contribution in [0.4, 0.5) is 4.79 Å². The Hall–Kier alpha value is -1.52. The molecule has 2 rings (SSSR count). The summed E-state index contributed by atoms with van der Waals surface area (Å²) in [5, 5.41) is 10.8. The van der Waals surface area contributed by atoms with E-state index in [1.165, 1.54) is 0 Å². The number of carbonyl (C=O) groups excluding carboxylic acids is 1. The Labute approximate surface area is 166 Å². The first kappa shape index (κ1) is 21.5. The quantitative estimate of drug-likeness (QED) is 0.402. The maximum Gasteiger partial charge on any atom is 0.410 e. The van der Waals surface area contributed by atoms with Gasteiger partial charge < -0.3 is 20.3 Å². The van der Waals surface area contributed by atoms with Crippen LogP contribution in [0.25, 0.3) is 0 Å². The van der Waals surface area contributed by atoms with E-state index >= 15 is 0 Å². The number of nitrogens with one attached hydrogen (secondary N) is 2. The fourth-order valence-electron chi connectivity index (χ4n) is 2.31. The third-order valence-electron chi connectivity index (χ3n) is 3.49. The smallest absolute Gasteiger partial charge is 0.410 e. The molecular weight excluding hydrogens is 435 g/mol. The zero-order chi connectivity index (χ0) is 17.7. The molecule has 0 aliphatic carbocycles. The third kappa shape index (κ3) is 7.09. The number of aliphatic imine (C=N–C) groups is 1. The first-order valence-corrected chi connectivity index (χ1v) is 8.21. The highest BCUT2D eigenvalue weighted by atomic mass is 127. The van der Waals surface area contributed by atoms with E-state index in [2.05, 4.69) is 20.7 Å². The van der Waals surface area contributed by atoms with Gasteiger partial charge in [0.25, 0.3) is 0 Å². The summed E-state index contributed by atoms with van der Waals surface area (Å²) < 4.78 is 7.23. The lowest BCUT2D eigenvalue weighted by molar-refractivity contribution is 0.00701. The molecule has 2 N–H and O–H groups in total. The Bertz CT molecular complexity index is 590. The number of guanidine groups is 1. The number of aryl methyl sites for hydroxylation is 1. The van der Waals surface area contributed by atoms with Crippen LogP contribution < -0.4 is 10.6 Å². The molecule has 1 saturated heterocycles. The van der Waals surface area contributed by atoms with Gasteiger partial charge in [-0.25, -0.2) is 4.79 Å². The lowest BCUT2D eigenvalue weighted by atomic mass is 10.1. The molecule has 1 aromatic heterocycles. The van der Waals surface area contributed by atoms with Crippen molar-refractivity contribution in [3.8, 4) is 0 Å². The van der Waals surface area contributed by atoms with Crippen LogP contribution in [0.15, 0.2) is 17.4 Å². The predicted molar refractivity (Wildman–Crippen MR) is 108 cm³/mol. The average Bonchev–Trinajstić information content (AvgIpc) is 2.83. The molecule has 0 aromatic carbocycles. The molecule has 1 fully saturated rings. The number of carbonyl (C=O) groups is 1. The fraction of sp³-hybridized carbons (Fsp3) is 0.688. The van der Waals surface area contributed by atoms with Gasteiger partial charge in [-0.2, -0.15) is 5.10 Å². The van der Waals surface area contributed by atoms with Crippen molar-refractivity contribution in [3.63, 3.8) is 0 Å². The van der Waals surface area contributed by atoms with Gasteiger partial charge in [-0.15, -0.1) is 24.0 Å². The standard InChI is InChI=1S/C16H28N6O2.HI/c1-12-8-19-22(9-12)7-6-18-14(17-5)20-13-10-21(11-13)15(23)24-16(2,3)4;/h8-9,13H,6-7,10-11H2,1-5H3,(H2,17,18,20);1H. The SMILES string of the molecule is CN=C(NCCn1cc(C)cn1)NC1CN(C(=O)OC(C)(C)C)C1.I. The molecule has 1 aromatic rings. The van der Waals surface area contributed by atoms with Crippen LogP contribution in [-0.4, -0.2) is 65.1 Å². The van der Waals surface area contributed by atoms with Gasteiger partial charge in [0.15, 0.2) is 5.96 Å². The summed E-state index contributed by atoms with van der Waals surface area (Å²) in [5.41, 5.74) is 0.687. The molecule has 0 spiro atoms. The van der Waals surface area contributed by atoms with Crippen molar-refractivity contribution in [1.82, 2.24) is 25.3 Å². The van der Waals surface area contributed by atoms with Crippen LogP contribution in [0.5, 0.6) is 0 Å². The third-order valence-corrected chi connectivity index (χ3v) is 3.49. The summed E-state index contributed by atoms with van der Waals surface area (Å²) in [4.78, 5) is 17.8. The van der Waals surface area contributed by atoms with Gasteiger partial charge in [0.2, 0.25) is 0 Å². The average molecular weight is 464 g/mol. The number of rotatable bonds is 4. The van der Waals surface area contributed by atoms with Crippen LogP contribution in [0, 0.1) is 6.92 Å². The lowest BCUT2D eigenvalue weighted by Gasteiger charge is -2.40. The Balaban J connectivity index is 0.00000312. The molecule has 142 valence electrons. The molecule has 0 saturated carbocycles. The zero-order valence-electron chi connectivity index (χ0n) is 15.6. The van der Waals surface area contributed by atoms with Crippen LogP contribution in [0.2, 0.25) is 0 Å². The Morgan fingerprint density at radius 3 is 2.64 bits per heavy atom. The minimum Gasteiger partial charge on any atom is -0.444 e. The van der Waals surface area contributed by atoms with Crippen LogP contribution >= 0.6 is 24.0 Å². The van der Waals surface area contributed by atoms with E-state index in [0.717, 1.165) is 24.6 Å². The van der Waals surface area contributed by atoms with E-state index in [1.54, 1.807) is 11.9 Å². The molecule has 8 nitrogen and oxygen atoms in total. The van der Waals surface area contributed by atoms with Crippen molar-refractivity contribution in [2.45, 2.75) is 45.9 Å². The molecule has 1 aliphatic heterocycles. The Morgan fingerprint density at radius 1 is 1.44 bits per heavy atom. The summed E-state index contributed by atoms with van der Waals surface area (Å²) in [5.74, 6) is 0.729. The van der Waals surface area contributed by atoms with Crippen LogP contribution in [0.1, 0.15) is 26.3 Å². The number of aromatic nitrogens is 2. The summed E-state index contributed by atoms with van der Waals surface area (Å²) in [6, 6.07) is 0.190. The second-order valence-electron chi connectivity index (χ2n) is 7.01. The highest BCUT2D eigenvalue weighted by Crippen LogP contribution is 2.15. The molecule has 0 unspecified atom stereocenters. The molecule has 0 atom stereocenters. The van der Waals surface area contributed by atoms with Crippen molar-refractivity contribution in [1.29, 1.82) is 0 Å². The molecule has 0 bridgehead atoms. The lowest BCUT2D eigenvalue weighted by Crippen LogP contribution is -2.63. The van der Waals surface area contributed by atoms with E-state index in [-0.39, 0.29) is 36.1 Å². The van der Waals surface area contributed by atoms with Crippen molar-refractivity contribution < 1.29 is 9.53 Å². The topological polar surface area (TPSA) is 83.8 Å². The van der Waals surface area contributed by atoms with Gasteiger partial charge in [-0.1, -0.05) is 0 Å². The minimum atomic E-state index is -0.460. The molecule has 0 radical (unpaired) electrons. The predicted octanol–water partition coefficient (Wildman–Crippen LogP) is 1.59. The maximum absolute atomic E-state index is 11.9. The number of nitrogens with zero attached hydrogens (tertiary/aromatic N) is 4. The van der Waals surface area contributed by atoms with E-state index in [0.29, 0.717) is 13.1 Å². The van der Waals surface area contributed by atoms with Gasteiger partial charge in [0.1, 0.15) is 5.60 Å². The number of hydrogen-bond acceptors (Lipinski definition) is 4. The molecule has 2 heterocycles. The van der Waals surface area contributed by atoms with Gasteiger partial charge in [-0.3, -0.25) is 9.67 Å². The maximum atomic E-state index is 11.9. The van der Waals surface area contributed by atoms with Crippen molar-refractivity contribution in [3.05, 3.63) is 18.0 Å². The van der Waals surface area contributed by atoms with Crippen LogP contribution in [-0.2, 0) is 11.3 Å². The number of likely N-dealkylation sites (tertiary alicyclic amines) is 1. The largest absolute Gasteiger partial charge is 0.444 e. The molecule has 1 aliphatic rings. The summed E-state index contributed by atoms with van der Waals surface area (Å²) in [6.45, 7) is 10.4. The van der Waals surface area contributed by atoms with E-state index in [1.807, 2.05) is 44.8 Å². The fourth-order valence-corrected chi connectivity index (χ4v) is 2.31. The van der Waals surface area contributed by atoms with E-state index in [9.17, 15) is 4.79 Å². The van der Waals surface area contributed by atoms with Gasteiger partial charge in [-0.05, 0) is 33.3 Å². The first-order chi connectivity index (χ1) is 11.3. The van der Waals surface area contributed by atoms with E-state index < -0.39 is 5.60 Å². The first-order valence-electron chi connectivity index (χ1n) is 8.21. The number of ether oxygens (including phenoxy) is 1. The van der Waals surface area contributed by atoms with Crippen molar-refractivity contribution >= 4 is 36.0 Å². The van der Waals surface area contributed by atoms with Gasteiger partial charge in [0.05, 0.1) is 18.8 Å². The van der Waals surface area contributed by atoms with E-state index in [4.69, 9.17) is 4.74 Å². The zero-order valence-corrected chi connectivity index (χ0v) is 17.9. The van der Waals surface area contributed by atoms with Gasteiger partial charge >= 0.3 is 6.09 Å². The summed E-state index contributed by atoms with van der Waals surface area (Å²) in [7, 11) is 1.73. The second-order valence-corrected chi connectivity index (χ2v) is 7.01. The van der Waals surface area contributed by atoms with Crippen LogP contribution in [0.3, 0.4) is 0 Å². The van der Waals surface area contributed by atoms with Crippen molar-refractivity contribution in [2.75, 3.05) is 26.7 Å². The normalized spacial score (nSPS) is 15.2. The molecule has 25 heavy (non-hydrogen) atoms. The highest BCUT2D eigenvalue weighted by molar-refractivity contribution is 14.0. The summed E-state index contributed by atoms with van der Waals surface area (Å²) >= 11 is 0. The molecule has 1 amide bonds. The monoisotopic (exact) mass is 464 g/mol. The minimum absolute atomic E-state index is 0. The number of hydrogen-bond donors (Lipinski definition) is 2. The van der Waals surface area contributed by atoms with Crippen molar-refractivity contribution in [2.24, 2.45) is 4.99 Å². The second kappa shape index (κ2) is 9.25. The molecular formula is C16H29IN6O2.